The number of esters is 1. The van der Waals surface area contributed by atoms with Crippen molar-refractivity contribution in [3.8, 4) is 0 Å². The Hall–Kier alpha value is -4.98. The minimum absolute atomic E-state index is 0.0212. The molecule has 0 bridgehead atoms. The first kappa shape index (κ1) is 113. The summed E-state index contributed by atoms with van der Waals surface area (Å²) in [5, 5.41) is 150. The number of hydrogen-bond acceptors (Lipinski definition) is 21. The third kappa shape index (κ3) is 19.2. The molecule has 0 amide bonds. The number of Topliss-reactive ketones (excluding diaryl/α,β-unsaturated/α-hetero) is 1. The fourth-order valence-corrected chi connectivity index (χ4v) is 41.8. The number of carbonyl (C=O) groups is 8. The standard InChI is InChI=1S/C29H46O3.C27H42O8.C25H40O5.C21H32O5.C20H32O2/c1-18(2)8-7-9-19(3)21-11-12-22-20-10-13-24-28(5,23(20)14-16-27(21,22)4)17-15-25(30)29(24,6)26(31)32;1-14(19(28)7-9-26(4,34)23(32)33)15-6-10-27(35)17-11-20(29)18-12-21(30)22(31)13-24(18,2)16(17)5-8-25(15,27)3;1-24-12-10-16(26)14-15(24)4-5-17-19-7-8-20(25(19,2)13-11-21(17)24)18(23(28)29)6-9-22(27)30-3;1-20-8-7-12(22)9-11(20)3-4-13-14-5-6-15(18(24)19(25)26)21(14,2)10-16(23)17(13)20;1-19-11-4-3-5-13(19)6-7-14-15-8-9-17(18(21)22)20(15,2)12-10-16(14)19/h8,19,21-22,24-25,30H,7,9-17H2,1-6H3,(H,31,32);11,14-16,18-19,21-22,28,30-31,34-35H,5-10,12-13H2,1-4H3,(H,32,33);15-21,26H,4-14H2,1-3H3,(H,28,29);11-17,22-23H,3-10H2,1-2H3,(H,25,26);13-17H,3-12H2,1-2H3,(H,21,22)/p-3/t19-,21-,22?,24-,25+,27-,28-,29+;14-,15+,16?,18-,19+,21+,22-,24+,25+,26?,27+;15-,16-,17?,18+,19?,20+,21?,24-,25-;11-,12-,13?,14?,15-,16+,17?,20+,21+;13-,14?,15?,16?,17+,19-,20-/m10010/s1. The van der Waals surface area contributed by atoms with Crippen molar-refractivity contribution >= 4 is 47.4 Å². The SMILES string of the molecule is CC(C)=CCC[C@@H](C)[C@H]1CCC2C3=C(CC[C@@]21C)[C@@]1(C)CC[C@H](O)[C@@](C)(C(=O)[O-])[C@@H]1CC3.COC(=O)CC[C@@H](C(=O)[O-])[C@H]1CCC2C3CC[C@H]4C[C@@H](O)CC[C@]4(C)C3CC[C@@]21C.C[C@H]([C@H](O)CCC(C)(O)C(=O)O)[C@H]1CC[C@@]2(O)C3=CC(=O)[C@@H]4C[C@@H](O)[C@@H](O)C[C@]4(C)C3CC[C@]12C.C[C@]12CCC3C(CC[C@@H]4CCCC[C@]34C)C1CC[C@@H]2C(=O)O.C[C@]12C[C@H](O)C3C(CC[C@@H]4C[C@H](O)CC[C@]34C)C1CC[C@@H]2C(=O)C(=O)[O-]. The molecule has 0 saturated heterocycles. The Labute approximate surface area is 866 Å². The Morgan fingerprint density at radius 2 is 1.08 bits per heavy atom. The van der Waals surface area contributed by atoms with E-state index in [1.165, 1.54) is 122 Å². The van der Waals surface area contributed by atoms with Crippen molar-refractivity contribution in [2.75, 3.05) is 7.11 Å². The highest BCUT2D eigenvalue weighted by molar-refractivity contribution is 6.32. The van der Waals surface area contributed by atoms with Gasteiger partial charge in [-0.25, -0.2) is 4.79 Å². The second-order valence-electron chi connectivity index (χ2n) is 56.2. The Bertz CT molecular complexity index is 4850. The van der Waals surface area contributed by atoms with Gasteiger partial charge in [-0.15, -0.1) is 0 Å². The Morgan fingerprint density at radius 1 is 0.510 bits per heavy atom. The Morgan fingerprint density at radius 3 is 1.70 bits per heavy atom. The summed E-state index contributed by atoms with van der Waals surface area (Å²) in [5.74, 6) is 0.983. The van der Waals surface area contributed by atoms with E-state index in [0.717, 1.165) is 157 Å². The van der Waals surface area contributed by atoms with E-state index in [0.29, 0.717) is 121 Å². The molecule has 20 aliphatic rings. The molecule has 0 aromatic rings. The molecular weight excluding hydrogens is 1830 g/mol. The number of carboxylic acid groups (broad SMARTS) is 5. The van der Waals surface area contributed by atoms with Crippen molar-refractivity contribution in [2.24, 2.45) is 202 Å². The number of carbonyl (C=O) groups excluding carboxylic acids is 6. The van der Waals surface area contributed by atoms with Crippen LogP contribution in [-0.4, -0.2) is 165 Å². The van der Waals surface area contributed by atoms with Crippen LogP contribution in [0, 0.1) is 202 Å². The van der Waals surface area contributed by atoms with E-state index < -0.39 is 111 Å². The molecule has 23 nitrogen and oxygen atoms in total. The molecule has 818 valence electrons. The summed E-state index contributed by atoms with van der Waals surface area (Å²) in [4.78, 5) is 95.6. The third-order valence-electron chi connectivity index (χ3n) is 50.1. The molecule has 0 aliphatic heterocycles. The number of aliphatic hydroxyl groups excluding tert-OH is 7. The van der Waals surface area contributed by atoms with Crippen LogP contribution >= 0.6 is 0 Å². The van der Waals surface area contributed by atoms with Crippen LogP contribution in [0.5, 0.6) is 0 Å². The van der Waals surface area contributed by atoms with Crippen molar-refractivity contribution in [1.82, 2.24) is 0 Å². The predicted molar refractivity (Wildman–Crippen MR) is 546 cm³/mol. The van der Waals surface area contributed by atoms with Gasteiger partial charge in [0, 0.05) is 41.0 Å². The lowest BCUT2D eigenvalue weighted by Crippen LogP contribution is -2.61. The number of ether oxygens (including phenoxy) is 1. The number of rotatable bonds is 19. The van der Waals surface area contributed by atoms with Gasteiger partial charge in [-0.3, -0.25) is 19.2 Å². The number of fused-ring (bicyclic) bond motifs is 24. The maximum Gasteiger partial charge on any atom is 0.335 e. The maximum atomic E-state index is 13.2. The summed E-state index contributed by atoms with van der Waals surface area (Å²) in [7, 11) is 1.35. The highest BCUT2D eigenvalue weighted by atomic mass is 16.5. The molecule has 44 atom stereocenters. The van der Waals surface area contributed by atoms with Crippen LogP contribution < -0.4 is 15.3 Å². The molecule has 20 rings (SSSR count). The smallest absolute Gasteiger partial charge is 0.335 e. The number of ketones is 2. The molecule has 17 fully saturated rings. The van der Waals surface area contributed by atoms with Gasteiger partial charge < -0.3 is 90.6 Å². The zero-order valence-electron chi connectivity index (χ0n) is 91.6. The van der Waals surface area contributed by atoms with E-state index >= 15 is 0 Å². The van der Waals surface area contributed by atoms with E-state index in [1.807, 2.05) is 27.7 Å². The van der Waals surface area contributed by atoms with E-state index in [1.54, 1.807) is 24.1 Å². The molecule has 0 aromatic carbocycles. The molecule has 0 radical (unpaired) electrons. The van der Waals surface area contributed by atoms with Crippen LogP contribution in [0.15, 0.2) is 34.4 Å². The zero-order chi connectivity index (χ0) is 106. The first-order valence-electron chi connectivity index (χ1n) is 58.4. The summed E-state index contributed by atoms with van der Waals surface area (Å²) in [6.45, 7) is 34.8. The average Bonchev–Trinajstić information content (AvgIpc) is 1.61. The highest BCUT2D eigenvalue weighted by Gasteiger charge is 2.71. The Balaban J connectivity index is 0.000000131. The van der Waals surface area contributed by atoms with Crippen LogP contribution in [0.3, 0.4) is 0 Å². The van der Waals surface area contributed by atoms with Gasteiger partial charge in [0.15, 0.2) is 17.2 Å². The lowest BCUT2D eigenvalue weighted by molar-refractivity contribution is -0.331. The van der Waals surface area contributed by atoms with Crippen molar-refractivity contribution in [3.05, 3.63) is 34.4 Å². The van der Waals surface area contributed by atoms with Crippen molar-refractivity contribution < 1.29 is 115 Å². The molecule has 23 heteroatoms. The van der Waals surface area contributed by atoms with Crippen LogP contribution in [0.4, 0.5) is 0 Å². The first-order chi connectivity index (χ1) is 67.9. The van der Waals surface area contributed by atoms with Gasteiger partial charge in [0.25, 0.3) is 0 Å². The number of allylic oxidation sites excluding steroid dienone is 5. The normalized spacial score (nSPS) is 48.4. The fraction of sp³-hybridized carbons (Fsp3) is 0.885. The molecule has 0 spiro atoms. The van der Waals surface area contributed by atoms with E-state index in [2.05, 4.69) is 75.3 Å². The van der Waals surface area contributed by atoms with E-state index in [4.69, 9.17) is 4.74 Å². The quantitative estimate of drug-likeness (QED) is 0.0325. The molecule has 20 aliphatic carbocycles. The van der Waals surface area contributed by atoms with Gasteiger partial charge in [-0.2, -0.15) is 0 Å². The van der Waals surface area contributed by atoms with Crippen molar-refractivity contribution in [2.45, 2.75) is 466 Å². The molecule has 0 heterocycles. The number of hydrogen-bond donors (Lipinski definition) is 11. The van der Waals surface area contributed by atoms with Crippen LogP contribution in [-0.2, 0) is 43.1 Å². The van der Waals surface area contributed by atoms with Gasteiger partial charge in [0.05, 0.1) is 67.3 Å². The molecule has 0 aromatic heterocycles. The summed E-state index contributed by atoms with van der Waals surface area (Å²) >= 11 is 0. The average molecular weight is 2020 g/mol. The highest BCUT2D eigenvalue weighted by Crippen LogP contribution is 2.76. The van der Waals surface area contributed by atoms with Gasteiger partial charge in [-0.05, 0) is 482 Å². The minimum atomic E-state index is -1.91. The largest absolute Gasteiger partial charge is 0.550 e. The number of carboxylic acids is 5. The summed E-state index contributed by atoms with van der Waals surface area (Å²) < 4.78 is 4.74. The number of aliphatic carboxylic acids is 5. The maximum absolute atomic E-state index is 13.2. The lowest BCUT2D eigenvalue weighted by atomic mass is 9.44. The molecule has 11 N–H and O–H groups in total. The first-order valence-corrected chi connectivity index (χ1v) is 58.4. The zero-order valence-corrected chi connectivity index (χ0v) is 91.6. The molecular formula is C122H189O23-3. The third-order valence-corrected chi connectivity index (χ3v) is 50.1. The monoisotopic (exact) mass is 2020 g/mol. The van der Waals surface area contributed by atoms with Crippen LogP contribution in [0.1, 0.15) is 413 Å². The fourth-order valence-electron chi connectivity index (χ4n) is 41.8. The van der Waals surface area contributed by atoms with E-state index in [-0.39, 0.29) is 119 Å². The van der Waals surface area contributed by atoms with Gasteiger partial charge in [-0.1, -0.05) is 126 Å². The second-order valence-corrected chi connectivity index (χ2v) is 56.2. The molecule has 145 heavy (non-hydrogen) atoms. The van der Waals surface area contributed by atoms with Crippen LogP contribution in [0.2, 0.25) is 0 Å². The Kier molecular flexibility index (Phi) is 32.4. The summed E-state index contributed by atoms with van der Waals surface area (Å²) in [5.41, 5.74) is 1.01. The summed E-state index contributed by atoms with van der Waals surface area (Å²) in [6, 6.07) is 0. The van der Waals surface area contributed by atoms with Crippen molar-refractivity contribution in [3.63, 3.8) is 0 Å². The lowest BCUT2D eigenvalue weighted by Gasteiger charge is -2.62. The van der Waals surface area contributed by atoms with Crippen LogP contribution in [0.25, 0.3) is 0 Å². The predicted octanol–water partition coefficient (Wildman–Crippen LogP) is 17.4. The van der Waals surface area contributed by atoms with Crippen molar-refractivity contribution in [1.29, 1.82) is 0 Å². The molecule has 12 unspecified atom stereocenters. The molecule has 17 saturated carbocycles. The number of methoxy groups -OCH3 is 1. The van der Waals surface area contributed by atoms with Gasteiger partial charge >= 0.3 is 17.9 Å². The minimum Gasteiger partial charge on any atom is -0.550 e. The van der Waals surface area contributed by atoms with E-state index in [9.17, 15) is 110 Å². The van der Waals surface area contributed by atoms with Gasteiger partial charge in [0.2, 0.25) is 0 Å². The number of aliphatic hydroxyl groups is 9. The summed E-state index contributed by atoms with van der Waals surface area (Å²) in [6.07, 6.45) is 43.8. The topological polar surface area (TPSA) is 438 Å². The second kappa shape index (κ2) is 41.7. The van der Waals surface area contributed by atoms with Gasteiger partial charge in [0.1, 0.15) is 5.97 Å².